The largest absolute Gasteiger partial charge is 0.496 e. The van der Waals surface area contributed by atoms with Crippen LogP contribution in [0, 0.1) is 6.92 Å². The number of rotatable bonds is 4. The number of aryl methyl sites for hydroxylation is 1. The monoisotopic (exact) mass is 396 g/mol. The van der Waals surface area contributed by atoms with Crippen molar-refractivity contribution in [3.63, 3.8) is 0 Å². The highest BCUT2D eigenvalue weighted by Crippen LogP contribution is 2.38. The van der Waals surface area contributed by atoms with Gasteiger partial charge in [0.25, 0.3) is 5.91 Å². The van der Waals surface area contributed by atoms with Gasteiger partial charge in [-0.25, -0.2) is 9.97 Å². The number of hydrogen-bond donors (Lipinski definition) is 0. The molecule has 2 amide bonds. The summed E-state index contributed by atoms with van der Waals surface area (Å²) in [4.78, 5) is 38.2. The van der Waals surface area contributed by atoms with Gasteiger partial charge in [0.05, 0.1) is 26.7 Å². The molecule has 0 radical (unpaired) electrons. The van der Waals surface area contributed by atoms with Crippen LogP contribution in [0.3, 0.4) is 0 Å². The summed E-state index contributed by atoms with van der Waals surface area (Å²) in [6.07, 6.45) is 1.94. The van der Waals surface area contributed by atoms with Crippen LogP contribution >= 0.6 is 0 Å². The summed E-state index contributed by atoms with van der Waals surface area (Å²) in [7, 11) is 4.79. The van der Waals surface area contributed by atoms with Crippen molar-refractivity contribution in [2.45, 2.75) is 32.2 Å². The number of nitrogens with zero attached hydrogens (tertiary/aromatic N) is 4. The van der Waals surface area contributed by atoms with Gasteiger partial charge in [0, 0.05) is 24.8 Å². The third-order valence-electron chi connectivity index (χ3n) is 5.68. The van der Waals surface area contributed by atoms with Crippen LogP contribution < -0.4 is 14.4 Å². The van der Waals surface area contributed by atoms with Crippen molar-refractivity contribution in [3.05, 3.63) is 40.8 Å². The normalized spacial score (nSPS) is 18.2. The smallest absolute Gasteiger partial charge is 0.262 e. The van der Waals surface area contributed by atoms with Crippen molar-refractivity contribution in [1.29, 1.82) is 0 Å². The van der Waals surface area contributed by atoms with Gasteiger partial charge >= 0.3 is 0 Å². The minimum atomic E-state index is -0.259. The first-order chi connectivity index (χ1) is 14.0. The van der Waals surface area contributed by atoms with Gasteiger partial charge in [-0.15, -0.1) is 0 Å². The zero-order valence-electron chi connectivity index (χ0n) is 17.1. The van der Waals surface area contributed by atoms with Crippen LogP contribution in [0.2, 0.25) is 0 Å². The van der Waals surface area contributed by atoms with Crippen molar-refractivity contribution in [1.82, 2.24) is 14.9 Å². The van der Waals surface area contributed by atoms with Crippen LogP contribution in [0.25, 0.3) is 0 Å². The van der Waals surface area contributed by atoms with E-state index in [9.17, 15) is 9.59 Å². The van der Waals surface area contributed by atoms with Gasteiger partial charge in [-0.3, -0.25) is 14.5 Å². The van der Waals surface area contributed by atoms with Crippen molar-refractivity contribution < 1.29 is 19.1 Å². The summed E-state index contributed by atoms with van der Waals surface area (Å²) in [5, 5.41) is 0. The number of carbonyl (C=O) groups excluding carboxylic acids is 2. The first-order valence-electron chi connectivity index (χ1n) is 9.62. The summed E-state index contributed by atoms with van der Waals surface area (Å²) in [6.45, 7) is 2.49. The van der Waals surface area contributed by atoms with E-state index in [0.717, 1.165) is 24.1 Å². The molecule has 8 heteroatoms. The molecule has 0 saturated carbocycles. The molecule has 3 heterocycles. The summed E-state index contributed by atoms with van der Waals surface area (Å²) >= 11 is 0. The van der Waals surface area contributed by atoms with Crippen LogP contribution in [0.5, 0.6) is 11.5 Å². The van der Waals surface area contributed by atoms with E-state index < -0.39 is 0 Å². The standard InChI is InChI=1S/C21H24N4O4/c1-12-13-11-17(26)24(2)20(13)23-19(22-12)14-7-6-10-25(14)21(27)18-15(28-3)8-5-9-16(18)29-4/h5,8-9,14H,6-7,10-11H2,1-4H3/t14-/m0/s1. The fraction of sp³-hybridized carbons (Fsp3) is 0.429. The lowest BCUT2D eigenvalue weighted by Crippen LogP contribution is -2.32. The number of methoxy groups -OCH3 is 2. The van der Waals surface area contributed by atoms with Gasteiger partial charge in [-0.1, -0.05) is 6.07 Å². The number of hydrogen-bond acceptors (Lipinski definition) is 6. The van der Waals surface area contributed by atoms with Gasteiger partial charge in [-0.2, -0.15) is 0 Å². The quantitative estimate of drug-likeness (QED) is 0.788. The molecule has 0 N–H and O–H groups in total. The van der Waals surface area contributed by atoms with E-state index in [4.69, 9.17) is 9.47 Å². The minimum Gasteiger partial charge on any atom is -0.496 e. The number of anilines is 1. The molecule has 0 spiro atoms. The number of ether oxygens (including phenoxy) is 2. The maximum atomic E-state index is 13.5. The predicted octanol–water partition coefficient (Wildman–Crippen LogP) is 2.30. The summed E-state index contributed by atoms with van der Waals surface area (Å²) < 4.78 is 10.8. The molecule has 1 aromatic heterocycles. The maximum absolute atomic E-state index is 13.5. The second-order valence-electron chi connectivity index (χ2n) is 7.29. The molecule has 8 nitrogen and oxygen atoms in total. The highest BCUT2D eigenvalue weighted by molar-refractivity contribution is 6.01. The zero-order valence-corrected chi connectivity index (χ0v) is 17.1. The Bertz CT molecular complexity index is 969. The molecule has 2 aliphatic heterocycles. The molecule has 152 valence electrons. The third kappa shape index (κ3) is 3.08. The highest BCUT2D eigenvalue weighted by Gasteiger charge is 2.37. The lowest BCUT2D eigenvalue weighted by Gasteiger charge is -2.26. The fourth-order valence-electron chi connectivity index (χ4n) is 4.11. The first kappa shape index (κ1) is 19.2. The Morgan fingerprint density at radius 1 is 1.17 bits per heavy atom. The number of carbonyl (C=O) groups is 2. The second kappa shape index (κ2) is 7.35. The molecule has 1 atom stereocenters. The van der Waals surface area contributed by atoms with Crippen LogP contribution in [0.15, 0.2) is 18.2 Å². The maximum Gasteiger partial charge on any atom is 0.262 e. The topological polar surface area (TPSA) is 84.9 Å². The Balaban J connectivity index is 1.72. The molecule has 2 aromatic rings. The number of benzene rings is 1. The number of aromatic nitrogens is 2. The fourth-order valence-corrected chi connectivity index (χ4v) is 4.11. The lowest BCUT2D eigenvalue weighted by molar-refractivity contribution is -0.117. The molecule has 1 aromatic carbocycles. The van der Waals surface area contributed by atoms with Crippen LogP contribution in [0.4, 0.5) is 5.82 Å². The van der Waals surface area contributed by atoms with Gasteiger partial charge < -0.3 is 14.4 Å². The van der Waals surface area contributed by atoms with Gasteiger partial charge in [0.15, 0.2) is 5.82 Å². The SMILES string of the molecule is COc1cccc(OC)c1C(=O)N1CCC[C@H]1c1nc(C)c2c(n1)N(C)C(=O)C2. The predicted molar refractivity (Wildman–Crippen MR) is 106 cm³/mol. The second-order valence-corrected chi connectivity index (χ2v) is 7.29. The molecular weight excluding hydrogens is 372 g/mol. The van der Waals surface area contributed by atoms with E-state index in [1.54, 1.807) is 35.0 Å². The molecule has 0 unspecified atom stereocenters. The van der Waals surface area contributed by atoms with Gasteiger partial charge in [0.2, 0.25) is 5.91 Å². The molecule has 0 bridgehead atoms. The van der Waals surface area contributed by atoms with Crippen LogP contribution in [-0.2, 0) is 11.2 Å². The van der Waals surface area contributed by atoms with E-state index in [1.807, 2.05) is 6.92 Å². The molecule has 1 saturated heterocycles. The number of likely N-dealkylation sites (tertiary alicyclic amines) is 1. The lowest BCUT2D eigenvalue weighted by atomic mass is 10.1. The van der Waals surface area contributed by atoms with E-state index in [1.165, 1.54) is 14.2 Å². The van der Waals surface area contributed by atoms with E-state index in [2.05, 4.69) is 9.97 Å². The molecular formula is C21H24N4O4. The Morgan fingerprint density at radius 3 is 2.52 bits per heavy atom. The zero-order chi connectivity index (χ0) is 20.7. The highest BCUT2D eigenvalue weighted by atomic mass is 16.5. The summed E-state index contributed by atoms with van der Waals surface area (Å²) in [5.41, 5.74) is 2.05. The average molecular weight is 396 g/mol. The minimum absolute atomic E-state index is 0.00710. The van der Waals surface area contributed by atoms with E-state index in [-0.39, 0.29) is 17.9 Å². The Labute approximate surface area is 169 Å². The van der Waals surface area contributed by atoms with E-state index in [0.29, 0.717) is 41.7 Å². The number of fused-ring (bicyclic) bond motifs is 1. The molecule has 4 rings (SSSR count). The van der Waals surface area contributed by atoms with Crippen molar-refractivity contribution in [2.75, 3.05) is 32.7 Å². The van der Waals surface area contributed by atoms with Crippen LogP contribution in [-0.4, -0.2) is 54.5 Å². The molecule has 2 aliphatic rings. The first-order valence-corrected chi connectivity index (χ1v) is 9.62. The van der Waals surface area contributed by atoms with Crippen molar-refractivity contribution in [2.24, 2.45) is 0 Å². The Kier molecular flexibility index (Phi) is 4.86. The Morgan fingerprint density at radius 2 is 1.86 bits per heavy atom. The molecule has 29 heavy (non-hydrogen) atoms. The molecule has 1 fully saturated rings. The average Bonchev–Trinajstić information content (AvgIpc) is 3.33. The van der Waals surface area contributed by atoms with Gasteiger partial charge in [0.1, 0.15) is 22.9 Å². The molecule has 0 aliphatic carbocycles. The number of amides is 2. The Hall–Kier alpha value is -3.16. The van der Waals surface area contributed by atoms with Crippen molar-refractivity contribution in [3.8, 4) is 11.5 Å². The number of likely N-dealkylation sites (N-methyl/N-ethyl adjacent to an activating group) is 1. The van der Waals surface area contributed by atoms with Crippen LogP contribution in [0.1, 0.15) is 46.3 Å². The van der Waals surface area contributed by atoms with Crippen molar-refractivity contribution >= 4 is 17.6 Å². The van der Waals surface area contributed by atoms with E-state index >= 15 is 0 Å². The third-order valence-corrected chi connectivity index (χ3v) is 5.68. The summed E-state index contributed by atoms with van der Waals surface area (Å²) in [5.74, 6) is 1.99. The summed E-state index contributed by atoms with van der Waals surface area (Å²) in [6, 6.07) is 5.02. The van der Waals surface area contributed by atoms with Gasteiger partial charge in [-0.05, 0) is 31.9 Å².